The van der Waals surface area contributed by atoms with Gasteiger partial charge in [-0.1, -0.05) is 78.9 Å². The van der Waals surface area contributed by atoms with Crippen molar-refractivity contribution in [2.24, 2.45) is 7.05 Å². The van der Waals surface area contributed by atoms with E-state index >= 15 is 0 Å². The average molecular weight is 401 g/mol. The van der Waals surface area contributed by atoms with Crippen LogP contribution in [0.2, 0.25) is 0 Å². The number of rotatable bonds is 3. The number of aryl methyl sites for hydroxylation is 2. The Bertz CT molecular complexity index is 1380. The molecule has 0 saturated carbocycles. The van der Waals surface area contributed by atoms with Crippen LogP contribution in [0.5, 0.6) is 0 Å². The molecule has 0 radical (unpaired) electrons. The van der Waals surface area contributed by atoms with Crippen LogP contribution in [0.3, 0.4) is 0 Å². The highest BCUT2D eigenvalue weighted by Gasteiger charge is 2.20. The van der Waals surface area contributed by atoms with Crippen molar-refractivity contribution in [1.82, 2.24) is 0 Å². The van der Waals surface area contributed by atoms with Crippen molar-refractivity contribution < 1.29 is 4.57 Å². The quantitative estimate of drug-likeness (QED) is 0.280. The minimum atomic E-state index is 1.25. The van der Waals surface area contributed by atoms with Crippen molar-refractivity contribution in [3.63, 3.8) is 0 Å². The zero-order valence-corrected chi connectivity index (χ0v) is 18.3. The third-order valence-corrected chi connectivity index (χ3v) is 6.24. The monoisotopic (exact) mass is 400 g/mol. The minimum absolute atomic E-state index is 1.25. The molecule has 0 atom stereocenters. The molecule has 1 heteroatoms. The fraction of sp³-hybridized carbons (Fsp3) is 0.100. The molecule has 0 aliphatic heterocycles. The Labute approximate surface area is 184 Å². The van der Waals surface area contributed by atoms with Gasteiger partial charge < -0.3 is 0 Å². The fourth-order valence-corrected chi connectivity index (χ4v) is 4.40. The van der Waals surface area contributed by atoms with Gasteiger partial charge >= 0.3 is 0 Å². The highest BCUT2D eigenvalue weighted by atomic mass is 14.9. The van der Waals surface area contributed by atoms with Crippen LogP contribution in [0.4, 0.5) is 0 Å². The summed E-state index contributed by atoms with van der Waals surface area (Å²) in [7, 11) is 2.17. The summed E-state index contributed by atoms with van der Waals surface area (Å²) in [6.07, 6.45) is 0. The highest BCUT2D eigenvalue weighted by Crippen LogP contribution is 2.34. The van der Waals surface area contributed by atoms with E-state index in [1.165, 1.54) is 55.5 Å². The summed E-state index contributed by atoms with van der Waals surface area (Å²) in [5.41, 5.74) is 10.1. The third-order valence-electron chi connectivity index (χ3n) is 6.24. The molecular weight excluding hydrogens is 374 g/mol. The molecule has 0 aliphatic rings. The molecule has 1 aromatic heterocycles. The van der Waals surface area contributed by atoms with Crippen molar-refractivity contribution >= 4 is 10.8 Å². The van der Waals surface area contributed by atoms with Gasteiger partial charge in [0.05, 0.1) is 10.9 Å². The summed E-state index contributed by atoms with van der Waals surface area (Å²) in [6.45, 7) is 4.39. The summed E-state index contributed by atoms with van der Waals surface area (Å²) in [5.74, 6) is 0. The smallest absolute Gasteiger partial charge is 0.198 e. The van der Waals surface area contributed by atoms with Gasteiger partial charge in [-0.15, -0.1) is 0 Å². The van der Waals surface area contributed by atoms with Gasteiger partial charge in [0.2, 0.25) is 5.69 Å². The maximum Gasteiger partial charge on any atom is 0.220 e. The summed E-state index contributed by atoms with van der Waals surface area (Å²) >= 11 is 0. The topological polar surface area (TPSA) is 3.88 Å². The second-order valence-corrected chi connectivity index (χ2v) is 8.26. The fourth-order valence-electron chi connectivity index (χ4n) is 4.40. The van der Waals surface area contributed by atoms with Gasteiger partial charge in [-0.05, 0) is 58.3 Å². The second kappa shape index (κ2) is 7.85. The van der Waals surface area contributed by atoms with E-state index in [1.54, 1.807) is 0 Å². The van der Waals surface area contributed by atoms with Gasteiger partial charge in [0, 0.05) is 13.0 Å². The zero-order chi connectivity index (χ0) is 21.4. The molecule has 0 aliphatic carbocycles. The van der Waals surface area contributed by atoms with E-state index in [1.807, 2.05) is 0 Å². The number of fused-ring (bicyclic) bond motifs is 1. The Morgan fingerprint density at radius 2 is 1.13 bits per heavy atom. The van der Waals surface area contributed by atoms with E-state index in [0.29, 0.717) is 0 Å². The van der Waals surface area contributed by atoms with Gasteiger partial charge in [-0.2, -0.15) is 4.57 Å². The lowest BCUT2D eigenvalue weighted by Crippen LogP contribution is -2.35. The lowest BCUT2D eigenvalue weighted by atomic mass is 9.93. The molecule has 0 N–H and O–H groups in total. The van der Waals surface area contributed by atoms with E-state index in [-0.39, 0.29) is 0 Å². The van der Waals surface area contributed by atoms with Crippen LogP contribution in [-0.4, -0.2) is 0 Å². The van der Waals surface area contributed by atoms with E-state index in [4.69, 9.17) is 0 Å². The summed E-state index contributed by atoms with van der Waals surface area (Å²) in [5, 5.41) is 2.55. The maximum absolute atomic E-state index is 2.34. The molecule has 0 bridgehead atoms. The van der Waals surface area contributed by atoms with E-state index in [0.717, 1.165) is 0 Å². The molecule has 0 amide bonds. The Balaban J connectivity index is 1.74. The standard InChI is InChI=1S/C30H26N/c1-21-14-15-26(24-12-8-5-9-13-24)20-29(21)30-28-17-16-25(23-10-6-4-7-11-23)19-27(28)18-22(2)31(30)3/h4-20H,1-3H3/q+1. The number of pyridine rings is 1. The SMILES string of the molecule is Cc1ccc(-c2ccccc2)cc1-c1c2ccc(-c3ccccc3)cc2cc(C)[n+]1C. The van der Waals surface area contributed by atoms with Gasteiger partial charge in [0.25, 0.3) is 0 Å². The summed E-state index contributed by atoms with van der Waals surface area (Å²) < 4.78 is 2.32. The van der Waals surface area contributed by atoms with Gasteiger partial charge in [0.1, 0.15) is 7.05 Å². The molecule has 31 heavy (non-hydrogen) atoms. The van der Waals surface area contributed by atoms with Crippen LogP contribution < -0.4 is 4.57 Å². The first-order chi connectivity index (χ1) is 15.1. The molecule has 4 aromatic carbocycles. The Morgan fingerprint density at radius 3 is 1.77 bits per heavy atom. The van der Waals surface area contributed by atoms with Gasteiger partial charge in [-0.25, -0.2) is 0 Å². The van der Waals surface area contributed by atoms with Crippen molar-refractivity contribution in [3.8, 4) is 33.5 Å². The van der Waals surface area contributed by atoms with Crippen LogP contribution in [0.15, 0.2) is 103 Å². The molecular formula is C30H26N+. The Hall–Kier alpha value is -3.71. The number of hydrogen-bond donors (Lipinski definition) is 0. The minimum Gasteiger partial charge on any atom is -0.198 e. The largest absolute Gasteiger partial charge is 0.220 e. The van der Waals surface area contributed by atoms with E-state index in [2.05, 4.69) is 129 Å². The van der Waals surface area contributed by atoms with E-state index in [9.17, 15) is 0 Å². The van der Waals surface area contributed by atoms with Crippen LogP contribution in [-0.2, 0) is 7.05 Å². The first-order valence-electron chi connectivity index (χ1n) is 10.8. The Morgan fingerprint density at radius 1 is 0.548 bits per heavy atom. The maximum atomic E-state index is 2.34. The molecule has 0 spiro atoms. The van der Waals surface area contributed by atoms with Crippen LogP contribution >= 0.6 is 0 Å². The van der Waals surface area contributed by atoms with E-state index < -0.39 is 0 Å². The molecule has 1 nitrogen and oxygen atoms in total. The summed E-state index contributed by atoms with van der Waals surface area (Å²) in [4.78, 5) is 0. The Kier molecular flexibility index (Phi) is 4.88. The van der Waals surface area contributed by atoms with Crippen LogP contribution in [0.25, 0.3) is 44.3 Å². The molecule has 0 saturated heterocycles. The molecule has 150 valence electrons. The molecule has 0 fully saturated rings. The molecule has 5 aromatic rings. The predicted octanol–water partition coefficient (Wildman–Crippen LogP) is 7.28. The zero-order valence-electron chi connectivity index (χ0n) is 18.3. The molecule has 0 unspecified atom stereocenters. The third kappa shape index (κ3) is 3.53. The first-order valence-corrected chi connectivity index (χ1v) is 10.8. The lowest BCUT2D eigenvalue weighted by molar-refractivity contribution is -0.665. The lowest BCUT2D eigenvalue weighted by Gasteiger charge is -2.13. The predicted molar refractivity (Wildman–Crippen MR) is 131 cm³/mol. The molecule has 1 heterocycles. The normalized spacial score (nSPS) is 11.1. The van der Waals surface area contributed by atoms with Crippen molar-refractivity contribution in [2.45, 2.75) is 13.8 Å². The number of benzene rings is 4. The van der Waals surface area contributed by atoms with Gasteiger partial charge in [0.15, 0.2) is 5.69 Å². The highest BCUT2D eigenvalue weighted by molar-refractivity contribution is 5.97. The number of hydrogen-bond acceptors (Lipinski definition) is 0. The summed E-state index contributed by atoms with van der Waals surface area (Å²) in [6, 6.07) is 37.2. The average Bonchev–Trinajstić information content (AvgIpc) is 2.81. The van der Waals surface area contributed by atoms with Crippen molar-refractivity contribution in [1.29, 1.82) is 0 Å². The number of aromatic nitrogens is 1. The second-order valence-electron chi connectivity index (χ2n) is 8.26. The van der Waals surface area contributed by atoms with Gasteiger partial charge in [-0.3, -0.25) is 0 Å². The molecule has 5 rings (SSSR count). The van der Waals surface area contributed by atoms with Crippen LogP contribution in [0, 0.1) is 13.8 Å². The first kappa shape index (κ1) is 19.3. The van der Waals surface area contributed by atoms with Crippen molar-refractivity contribution in [3.05, 3.63) is 114 Å². The number of nitrogens with zero attached hydrogens (tertiary/aromatic N) is 1. The van der Waals surface area contributed by atoms with Crippen molar-refractivity contribution in [2.75, 3.05) is 0 Å². The van der Waals surface area contributed by atoms with Crippen LogP contribution in [0.1, 0.15) is 11.3 Å².